The summed E-state index contributed by atoms with van der Waals surface area (Å²) in [7, 11) is 1.54. The Balaban J connectivity index is 1.40. The summed E-state index contributed by atoms with van der Waals surface area (Å²) in [5, 5.41) is 5.84. The molecule has 4 unspecified atom stereocenters. The molecule has 4 rings (SSSR count). The van der Waals surface area contributed by atoms with Crippen molar-refractivity contribution < 1.29 is 19.1 Å². The molecule has 1 aromatic rings. The molecule has 2 bridgehead atoms. The van der Waals surface area contributed by atoms with Crippen molar-refractivity contribution in [1.29, 1.82) is 0 Å². The van der Waals surface area contributed by atoms with Gasteiger partial charge in [-0.3, -0.25) is 9.59 Å². The van der Waals surface area contributed by atoms with Crippen molar-refractivity contribution >= 4 is 17.5 Å². The van der Waals surface area contributed by atoms with E-state index in [4.69, 9.17) is 15.2 Å². The fraction of sp³-hybridized carbons (Fsp3) is 0.600. The zero-order valence-corrected chi connectivity index (χ0v) is 15.6. The minimum absolute atomic E-state index is 0.0303. The fourth-order valence-corrected chi connectivity index (χ4v) is 4.46. The fourth-order valence-electron chi connectivity index (χ4n) is 4.46. The second-order valence-electron chi connectivity index (χ2n) is 7.92. The molecule has 7 nitrogen and oxygen atoms in total. The molecule has 0 radical (unpaired) electrons. The largest absolute Gasteiger partial charge is 0.493 e. The second kappa shape index (κ2) is 7.38. The molecule has 7 heteroatoms. The highest BCUT2D eigenvalue weighted by Crippen LogP contribution is 2.48. The number of nitrogens with two attached hydrogens (primary N) is 1. The zero-order chi connectivity index (χ0) is 19.0. The summed E-state index contributed by atoms with van der Waals surface area (Å²) in [5.74, 6) is 1.51. The number of carbonyl (C=O) groups is 2. The molecular weight excluding hydrogens is 346 g/mol. The van der Waals surface area contributed by atoms with Gasteiger partial charge in [-0.2, -0.15) is 0 Å². The highest BCUT2D eigenvalue weighted by molar-refractivity contribution is 5.94. The molecule has 0 aliphatic heterocycles. The molecule has 0 saturated heterocycles. The lowest BCUT2D eigenvalue weighted by molar-refractivity contribution is -0.123. The molecule has 2 amide bonds. The van der Waals surface area contributed by atoms with Crippen LogP contribution in [0, 0.1) is 17.8 Å². The standard InChI is InChI=1S/C20H27N3O4/c1-26-15-7-6-14(9-16(15)27-10-17(24)22-13-4-5-13)23-20(25)18-11-2-3-12(8-11)19(18)21/h6-7,9,11-13,18-19H,2-5,8,10,21H2,1H3,(H,22,24)(H,23,25). The number of hydrogen-bond acceptors (Lipinski definition) is 5. The molecule has 4 atom stereocenters. The van der Waals surface area contributed by atoms with E-state index in [1.54, 1.807) is 25.3 Å². The maximum absolute atomic E-state index is 12.7. The van der Waals surface area contributed by atoms with Crippen LogP contribution in [0.1, 0.15) is 32.1 Å². The third-order valence-corrected chi connectivity index (χ3v) is 6.02. The molecule has 0 spiro atoms. The van der Waals surface area contributed by atoms with Crippen LogP contribution in [-0.4, -0.2) is 37.6 Å². The van der Waals surface area contributed by atoms with Gasteiger partial charge in [-0.25, -0.2) is 0 Å². The summed E-state index contributed by atoms with van der Waals surface area (Å²) in [6, 6.07) is 5.43. The van der Waals surface area contributed by atoms with Gasteiger partial charge in [0.25, 0.3) is 5.91 Å². The van der Waals surface area contributed by atoms with Crippen molar-refractivity contribution in [3.63, 3.8) is 0 Å². The van der Waals surface area contributed by atoms with E-state index in [1.165, 1.54) is 0 Å². The number of benzene rings is 1. The van der Waals surface area contributed by atoms with Gasteiger partial charge in [-0.05, 0) is 56.1 Å². The predicted molar refractivity (Wildman–Crippen MR) is 101 cm³/mol. The smallest absolute Gasteiger partial charge is 0.258 e. The van der Waals surface area contributed by atoms with E-state index >= 15 is 0 Å². The maximum atomic E-state index is 12.7. The molecular formula is C20H27N3O4. The van der Waals surface area contributed by atoms with Crippen molar-refractivity contribution in [3.8, 4) is 11.5 Å². The van der Waals surface area contributed by atoms with Gasteiger partial charge >= 0.3 is 0 Å². The van der Waals surface area contributed by atoms with E-state index in [0.717, 1.165) is 32.1 Å². The van der Waals surface area contributed by atoms with E-state index in [1.807, 2.05) is 0 Å². The van der Waals surface area contributed by atoms with Crippen LogP contribution in [0.3, 0.4) is 0 Å². The Morgan fingerprint density at radius 1 is 1.15 bits per heavy atom. The zero-order valence-electron chi connectivity index (χ0n) is 15.6. The van der Waals surface area contributed by atoms with Crippen LogP contribution < -0.4 is 25.8 Å². The van der Waals surface area contributed by atoms with Crippen molar-refractivity contribution in [2.75, 3.05) is 19.0 Å². The molecule has 4 N–H and O–H groups in total. The quantitative estimate of drug-likeness (QED) is 0.675. The normalized spacial score (nSPS) is 28.7. The van der Waals surface area contributed by atoms with Gasteiger partial charge in [0.15, 0.2) is 18.1 Å². The van der Waals surface area contributed by atoms with Crippen molar-refractivity contribution in [1.82, 2.24) is 5.32 Å². The van der Waals surface area contributed by atoms with E-state index in [-0.39, 0.29) is 30.4 Å². The van der Waals surface area contributed by atoms with E-state index in [9.17, 15) is 9.59 Å². The summed E-state index contributed by atoms with van der Waals surface area (Å²) in [6.07, 6.45) is 5.35. The third kappa shape index (κ3) is 3.88. The number of fused-ring (bicyclic) bond motifs is 2. The molecule has 0 heterocycles. The maximum Gasteiger partial charge on any atom is 0.258 e. The van der Waals surface area contributed by atoms with Crippen LogP contribution in [0.2, 0.25) is 0 Å². The van der Waals surface area contributed by atoms with Gasteiger partial charge in [0, 0.05) is 23.8 Å². The first-order chi connectivity index (χ1) is 13.0. The number of hydrogen-bond donors (Lipinski definition) is 3. The lowest BCUT2D eigenvalue weighted by Gasteiger charge is -2.27. The Labute approximate surface area is 159 Å². The van der Waals surface area contributed by atoms with E-state index in [0.29, 0.717) is 35.1 Å². The molecule has 1 aromatic carbocycles. The average Bonchev–Trinajstić information content (AvgIpc) is 3.23. The number of methoxy groups -OCH3 is 1. The van der Waals surface area contributed by atoms with Gasteiger partial charge in [-0.15, -0.1) is 0 Å². The number of amides is 2. The third-order valence-electron chi connectivity index (χ3n) is 6.02. The summed E-state index contributed by atoms with van der Waals surface area (Å²) in [4.78, 5) is 24.6. The van der Waals surface area contributed by atoms with Crippen molar-refractivity contribution in [2.24, 2.45) is 23.5 Å². The lowest BCUT2D eigenvalue weighted by atomic mass is 9.84. The topological polar surface area (TPSA) is 103 Å². The van der Waals surface area contributed by atoms with Crippen LogP contribution in [0.4, 0.5) is 5.69 Å². The number of rotatable bonds is 7. The van der Waals surface area contributed by atoms with Crippen LogP contribution >= 0.6 is 0 Å². The van der Waals surface area contributed by atoms with E-state index < -0.39 is 0 Å². The first-order valence-electron chi connectivity index (χ1n) is 9.72. The summed E-state index contributed by atoms with van der Waals surface area (Å²) < 4.78 is 10.9. The van der Waals surface area contributed by atoms with Crippen molar-refractivity contribution in [2.45, 2.75) is 44.2 Å². The molecule has 3 saturated carbocycles. The SMILES string of the molecule is COc1ccc(NC(=O)C2C3CCC(C3)C2N)cc1OCC(=O)NC1CC1. The van der Waals surface area contributed by atoms with Gasteiger partial charge < -0.3 is 25.8 Å². The Bertz CT molecular complexity index is 732. The monoisotopic (exact) mass is 373 g/mol. The number of nitrogens with one attached hydrogen (secondary N) is 2. The van der Waals surface area contributed by atoms with Gasteiger partial charge in [0.2, 0.25) is 5.91 Å². The van der Waals surface area contributed by atoms with Crippen LogP contribution in [-0.2, 0) is 9.59 Å². The Morgan fingerprint density at radius 3 is 2.59 bits per heavy atom. The van der Waals surface area contributed by atoms with Gasteiger partial charge in [-0.1, -0.05) is 0 Å². The first kappa shape index (κ1) is 18.1. The molecule has 3 fully saturated rings. The van der Waals surface area contributed by atoms with Gasteiger partial charge in [0.05, 0.1) is 13.0 Å². The highest BCUT2D eigenvalue weighted by Gasteiger charge is 2.49. The molecule has 0 aromatic heterocycles. The second-order valence-corrected chi connectivity index (χ2v) is 7.92. The Kier molecular flexibility index (Phi) is 4.95. The summed E-state index contributed by atoms with van der Waals surface area (Å²) >= 11 is 0. The minimum atomic E-state index is -0.151. The lowest BCUT2D eigenvalue weighted by Crippen LogP contribution is -2.42. The van der Waals surface area contributed by atoms with Crippen LogP contribution in [0.15, 0.2) is 18.2 Å². The Morgan fingerprint density at radius 2 is 1.93 bits per heavy atom. The van der Waals surface area contributed by atoms with Crippen LogP contribution in [0.25, 0.3) is 0 Å². The molecule has 3 aliphatic rings. The first-order valence-corrected chi connectivity index (χ1v) is 9.72. The Hall–Kier alpha value is -2.28. The minimum Gasteiger partial charge on any atom is -0.493 e. The highest BCUT2D eigenvalue weighted by atomic mass is 16.5. The molecule has 146 valence electrons. The average molecular weight is 373 g/mol. The number of anilines is 1. The van der Waals surface area contributed by atoms with Crippen LogP contribution in [0.5, 0.6) is 11.5 Å². The number of carbonyl (C=O) groups excluding carboxylic acids is 2. The molecule has 3 aliphatic carbocycles. The van der Waals surface area contributed by atoms with E-state index in [2.05, 4.69) is 10.6 Å². The van der Waals surface area contributed by atoms with Gasteiger partial charge in [0.1, 0.15) is 0 Å². The molecule has 27 heavy (non-hydrogen) atoms. The van der Waals surface area contributed by atoms with Crippen molar-refractivity contribution in [3.05, 3.63) is 18.2 Å². The summed E-state index contributed by atoms with van der Waals surface area (Å²) in [5.41, 5.74) is 6.89. The predicted octanol–water partition coefficient (Wildman–Crippen LogP) is 1.66. The summed E-state index contributed by atoms with van der Waals surface area (Å²) in [6.45, 7) is -0.0818. The number of ether oxygens (including phenoxy) is 2.